The van der Waals surface area contributed by atoms with Gasteiger partial charge in [0, 0.05) is 60.1 Å². The number of hydrogen-bond donors (Lipinski definition) is 0. The highest BCUT2D eigenvalue weighted by atomic mass is 35.5. The maximum absolute atomic E-state index is 11.7. The lowest BCUT2D eigenvalue weighted by atomic mass is 9.93. The summed E-state index contributed by atoms with van der Waals surface area (Å²) < 4.78 is 13.2. The summed E-state index contributed by atoms with van der Waals surface area (Å²) >= 11 is 12.6. The Labute approximate surface area is 254 Å². The van der Waals surface area contributed by atoms with Crippen molar-refractivity contribution in [2.75, 3.05) is 31.6 Å². The average molecular weight is 609 g/mol. The van der Waals surface area contributed by atoms with Crippen LogP contribution in [-0.2, 0) is 29.2 Å². The third-order valence-corrected chi connectivity index (χ3v) is 8.12. The maximum Gasteiger partial charge on any atom is 0.305 e. The highest BCUT2D eigenvalue weighted by Crippen LogP contribution is 2.31. The number of nitrogens with zero attached hydrogens (tertiary/aromatic N) is 7. The molecule has 1 saturated heterocycles. The van der Waals surface area contributed by atoms with Crippen molar-refractivity contribution < 1.29 is 14.3 Å². The van der Waals surface area contributed by atoms with Gasteiger partial charge in [-0.3, -0.25) is 9.69 Å². The molecule has 12 heteroatoms. The highest BCUT2D eigenvalue weighted by Gasteiger charge is 2.23. The van der Waals surface area contributed by atoms with Gasteiger partial charge in [0.25, 0.3) is 0 Å². The molecule has 0 spiro atoms. The summed E-state index contributed by atoms with van der Waals surface area (Å²) in [6, 6.07) is 9.34. The van der Waals surface area contributed by atoms with Crippen LogP contribution in [-0.4, -0.2) is 62.1 Å². The number of carbonyl (C=O) groups is 1. The molecule has 0 amide bonds. The Balaban J connectivity index is 1.19. The molecule has 6 rings (SSSR count). The van der Waals surface area contributed by atoms with Crippen molar-refractivity contribution in [3.8, 4) is 22.9 Å². The van der Waals surface area contributed by atoms with Crippen LogP contribution >= 0.6 is 23.2 Å². The van der Waals surface area contributed by atoms with Gasteiger partial charge in [-0.1, -0.05) is 23.2 Å². The first-order valence-corrected chi connectivity index (χ1v) is 14.7. The molecule has 2 aliphatic rings. The first-order valence-electron chi connectivity index (χ1n) is 13.9. The maximum atomic E-state index is 11.7. The zero-order chi connectivity index (χ0) is 29.1. The molecule has 0 unspecified atom stereocenters. The lowest BCUT2D eigenvalue weighted by molar-refractivity contribution is -0.142. The molecule has 0 bridgehead atoms. The monoisotopic (exact) mass is 607 g/mol. The molecule has 0 atom stereocenters. The molecule has 0 aliphatic carbocycles. The Kier molecular flexibility index (Phi) is 8.55. The zero-order valence-corrected chi connectivity index (χ0v) is 24.8. The number of likely N-dealkylation sites (tertiary alicyclic amines) is 1. The standard InChI is InChI=1S/C30H31Cl2N7O3/c1-41-29(40)12-20-2-5-37(6-3-20)18-21-10-26(22-13-23(31)15-24(32)14-22)36-28(11-21)42-25-16-34-30(35-17-25)39-9-8-38-7-4-33-27(38)19-39/h4,7,10-11,13-17,20H,2-3,5-6,8-9,12,18-19H2,1H3. The van der Waals surface area contributed by atoms with E-state index in [1.807, 2.05) is 36.7 Å². The van der Waals surface area contributed by atoms with Gasteiger partial charge in [-0.15, -0.1) is 0 Å². The quantitative estimate of drug-likeness (QED) is 0.236. The summed E-state index contributed by atoms with van der Waals surface area (Å²) in [5.74, 6) is 2.74. The van der Waals surface area contributed by atoms with Crippen LogP contribution in [0.25, 0.3) is 11.3 Å². The van der Waals surface area contributed by atoms with Crippen LogP contribution in [0.2, 0.25) is 10.0 Å². The predicted octanol–water partition coefficient (Wildman–Crippen LogP) is 5.63. The van der Waals surface area contributed by atoms with E-state index in [0.29, 0.717) is 58.7 Å². The number of anilines is 1. The third-order valence-electron chi connectivity index (χ3n) is 7.68. The topological polar surface area (TPSA) is 98.5 Å². The molecule has 4 aromatic rings. The van der Waals surface area contributed by atoms with E-state index in [1.165, 1.54) is 7.11 Å². The minimum atomic E-state index is -0.144. The predicted molar refractivity (Wildman–Crippen MR) is 160 cm³/mol. The van der Waals surface area contributed by atoms with Crippen molar-refractivity contribution in [2.45, 2.75) is 38.9 Å². The number of carbonyl (C=O) groups excluding carboxylic acids is 1. The molecule has 3 aromatic heterocycles. The number of methoxy groups -OCH3 is 1. The number of aromatic nitrogens is 5. The van der Waals surface area contributed by atoms with Gasteiger partial charge in [0.2, 0.25) is 11.8 Å². The van der Waals surface area contributed by atoms with Crippen molar-refractivity contribution >= 4 is 35.1 Å². The Morgan fingerprint density at radius 1 is 0.976 bits per heavy atom. The summed E-state index contributed by atoms with van der Waals surface area (Å²) in [4.78, 5) is 34.5. The SMILES string of the molecule is COC(=O)CC1CCN(Cc2cc(Oc3cnc(N4CCn5ccnc5C4)nc3)nc(-c3cc(Cl)cc(Cl)c3)c2)CC1. The van der Waals surface area contributed by atoms with Crippen molar-refractivity contribution in [1.82, 2.24) is 29.4 Å². The van der Waals surface area contributed by atoms with Crippen LogP contribution in [0, 0.1) is 5.92 Å². The molecule has 218 valence electrons. The van der Waals surface area contributed by atoms with Crippen LogP contribution in [0.5, 0.6) is 11.6 Å². The van der Waals surface area contributed by atoms with Gasteiger partial charge in [-0.05, 0) is 61.7 Å². The van der Waals surface area contributed by atoms with Gasteiger partial charge in [0.15, 0.2) is 5.75 Å². The molecule has 10 nitrogen and oxygen atoms in total. The second-order valence-corrected chi connectivity index (χ2v) is 11.5. The molecule has 42 heavy (non-hydrogen) atoms. The van der Waals surface area contributed by atoms with E-state index in [1.54, 1.807) is 18.5 Å². The van der Waals surface area contributed by atoms with E-state index in [4.69, 9.17) is 37.7 Å². The number of fused-ring (bicyclic) bond motifs is 1. The number of benzene rings is 1. The van der Waals surface area contributed by atoms with E-state index in [9.17, 15) is 4.79 Å². The first-order chi connectivity index (χ1) is 20.4. The van der Waals surface area contributed by atoms with Crippen LogP contribution < -0.4 is 9.64 Å². The second kappa shape index (κ2) is 12.6. The largest absolute Gasteiger partial charge is 0.469 e. The number of esters is 1. The van der Waals surface area contributed by atoms with E-state index >= 15 is 0 Å². The molecule has 0 N–H and O–H groups in total. The normalized spacial score (nSPS) is 15.8. The Morgan fingerprint density at radius 3 is 2.48 bits per heavy atom. The van der Waals surface area contributed by atoms with Crippen LogP contribution in [0.1, 0.15) is 30.7 Å². The fraction of sp³-hybridized carbons (Fsp3) is 0.367. The average Bonchev–Trinajstić information content (AvgIpc) is 3.46. The molecule has 5 heterocycles. The van der Waals surface area contributed by atoms with Crippen molar-refractivity contribution in [1.29, 1.82) is 0 Å². The van der Waals surface area contributed by atoms with E-state index in [-0.39, 0.29) is 5.97 Å². The molecule has 2 aliphatic heterocycles. The van der Waals surface area contributed by atoms with Gasteiger partial charge in [0.05, 0.1) is 31.7 Å². The summed E-state index contributed by atoms with van der Waals surface area (Å²) in [5.41, 5.74) is 2.54. The Bertz CT molecular complexity index is 1530. The lowest BCUT2D eigenvalue weighted by Gasteiger charge is -2.31. The molecular weight excluding hydrogens is 577 g/mol. The van der Waals surface area contributed by atoms with Gasteiger partial charge >= 0.3 is 5.97 Å². The van der Waals surface area contributed by atoms with Crippen LogP contribution in [0.4, 0.5) is 5.95 Å². The van der Waals surface area contributed by atoms with E-state index in [2.05, 4.69) is 29.3 Å². The van der Waals surface area contributed by atoms with Crippen molar-refractivity contribution in [3.05, 3.63) is 76.6 Å². The lowest BCUT2D eigenvalue weighted by Crippen LogP contribution is -2.34. The van der Waals surface area contributed by atoms with Gasteiger partial charge in [-0.2, -0.15) is 0 Å². The molecule has 1 aromatic carbocycles. The fourth-order valence-corrected chi connectivity index (χ4v) is 5.99. The Hall–Kier alpha value is -3.73. The molecule has 1 fully saturated rings. The van der Waals surface area contributed by atoms with Gasteiger partial charge in [-0.25, -0.2) is 19.9 Å². The number of hydrogen-bond acceptors (Lipinski definition) is 9. The van der Waals surface area contributed by atoms with E-state index < -0.39 is 0 Å². The smallest absolute Gasteiger partial charge is 0.305 e. The summed E-state index contributed by atoms with van der Waals surface area (Å²) in [5, 5.41) is 1.06. The van der Waals surface area contributed by atoms with Gasteiger partial charge in [0.1, 0.15) is 5.82 Å². The number of pyridine rings is 1. The number of rotatable bonds is 8. The fourth-order valence-electron chi connectivity index (χ4n) is 5.47. The molecule has 0 radical (unpaired) electrons. The van der Waals surface area contributed by atoms with Crippen molar-refractivity contribution in [3.63, 3.8) is 0 Å². The minimum absolute atomic E-state index is 0.144. The summed E-state index contributed by atoms with van der Waals surface area (Å²) in [6.45, 7) is 4.80. The highest BCUT2D eigenvalue weighted by molar-refractivity contribution is 6.35. The molecule has 0 saturated carbocycles. The Morgan fingerprint density at radius 2 is 1.74 bits per heavy atom. The van der Waals surface area contributed by atoms with Crippen molar-refractivity contribution in [2.24, 2.45) is 5.92 Å². The number of imidazole rings is 1. The minimum Gasteiger partial charge on any atom is -0.469 e. The molecular formula is C30H31Cl2N7O3. The number of ether oxygens (including phenoxy) is 2. The van der Waals surface area contributed by atoms with Crippen LogP contribution in [0.15, 0.2) is 55.1 Å². The van der Waals surface area contributed by atoms with Crippen LogP contribution in [0.3, 0.4) is 0 Å². The summed E-state index contributed by atoms with van der Waals surface area (Å²) in [6.07, 6.45) is 9.51. The van der Waals surface area contributed by atoms with E-state index in [0.717, 1.165) is 56.0 Å². The number of piperidine rings is 1. The second-order valence-electron chi connectivity index (χ2n) is 10.6. The number of halogens is 2. The zero-order valence-electron chi connectivity index (χ0n) is 23.2. The summed E-state index contributed by atoms with van der Waals surface area (Å²) in [7, 11) is 1.44. The van der Waals surface area contributed by atoms with Gasteiger partial charge < -0.3 is 18.9 Å². The first kappa shape index (κ1) is 28.4. The third kappa shape index (κ3) is 6.83.